The third kappa shape index (κ3) is 13.1. The molecule has 2 aliphatic heterocycles. The molecule has 12 nitrogen and oxygen atoms in total. The van der Waals surface area contributed by atoms with Crippen LogP contribution in [-0.2, 0) is 40.1 Å². The van der Waals surface area contributed by atoms with Gasteiger partial charge >= 0.3 is 17.9 Å². The second-order valence-corrected chi connectivity index (χ2v) is 13.8. The van der Waals surface area contributed by atoms with Gasteiger partial charge in [0, 0.05) is 6.54 Å². The number of carboxylic acid groups (broad SMARTS) is 1. The van der Waals surface area contributed by atoms with E-state index in [0.717, 1.165) is 31.4 Å². The van der Waals surface area contributed by atoms with Gasteiger partial charge in [-0.3, -0.25) is 24.1 Å². The first kappa shape index (κ1) is 41.7. The summed E-state index contributed by atoms with van der Waals surface area (Å²) >= 11 is 0. The Kier molecular flexibility index (Phi) is 16.7. The van der Waals surface area contributed by atoms with Crippen molar-refractivity contribution in [3.8, 4) is 0 Å². The number of nitrogens with zero attached hydrogens (tertiary/aromatic N) is 1. The van der Waals surface area contributed by atoms with Gasteiger partial charge in [0.2, 0.25) is 11.8 Å². The number of nitrogens with one attached hydrogen (secondary N) is 3. The number of benzene rings is 3. The highest BCUT2D eigenvalue weighted by Crippen LogP contribution is 2.32. The van der Waals surface area contributed by atoms with Gasteiger partial charge in [0.25, 0.3) is 0 Å². The number of ether oxygens (including phenoxy) is 2. The van der Waals surface area contributed by atoms with E-state index in [1.165, 1.54) is 18.1 Å². The number of carbonyl (C=O) groups excluding carboxylic acids is 4. The summed E-state index contributed by atoms with van der Waals surface area (Å²) in [6.07, 6.45) is 3.41. The van der Waals surface area contributed by atoms with Gasteiger partial charge in [-0.2, -0.15) is 0 Å². The molecule has 4 N–H and O–H groups in total. The average molecular weight is 743 g/mol. The Bertz CT molecular complexity index is 1640. The fourth-order valence-corrected chi connectivity index (χ4v) is 6.79. The van der Waals surface area contributed by atoms with Gasteiger partial charge in [0.05, 0.1) is 25.1 Å². The quantitative estimate of drug-likeness (QED) is 0.173. The summed E-state index contributed by atoms with van der Waals surface area (Å²) < 4.78 is 10.3. The molecule has 3 aromatic carbocycles. The molecule has 0 aliphatic carbocycles. The van der Waals surface area contributed by atoms with Crippen LogP contribution in [0.5, 0.6) is 0 Å². The molecule has 2 saturated heterocycles. The predicted molar refractivity (Wildman–Crippen MR) is 204 cm³/mol. The predicted octanol–water partition coefficient (Wildman–Crippen LogP) is 4.55. The minimum Gasteiger partial charge on any atom is -0.480 e. The second-order valence-electron chi connectivity index (χ2n) is 13.8. The number of esters is 2. The SMILES string of the molecule is CCOC(=O)CCN1CC[C@H](c2ccccc2)C[C@@H]1C(=O)N[C@@H](C)C(=O)O.C[C@H](NC(=O)[C@H]1C[C@@H](c2ccccc2)CCN1)C(=O)OCc1ccccc1. The Labute approximate surface area is 318 Å². The van der Waals surface area contributed by atoms with E-state index in [9.17, 15) is 24.0 Å². The van der Waals surface area contributed by atoms with Crippen molar-refractivity contribution in [1.29, 1.82) is 0 Å². The van der Waals surface area contributed by atoms with Gasteiger partial charge < -0.3 is 30.5 Å². The highest BCUT2D eigenvalue weighted by molar-refractivity contribution is 5.88. The van der Waals surface area contributed by atoms with Crippen LogP contribution < -0.4 is 16.0 Å². The number of likely N-dealkylation sites (tertiary alicyclic amines) is 1. The Morgan fingerprint density at radius 3 is 1.94 bits per heavy atom. The van der Waals surface area contributed by atoms with Crippen molar-refractivity contribution in [3.63, 3.8) is 0 Å². The van der Waals surface area contributed by atoms with Gasteiger partial charge in [-0.1, -0.05) is 91.0 Å². The lowest BCUT2D eigenvalue weighted by Crippen LogP contribution is -2.54. The lowest BCUT2D eigenvalue weighted by atomic mass is 9.84. The van der Waals surface area contributed by atoms with Crippen LogP contribution in [0.2, 0.25) is 0 Å². The topological polar surface area (TPSA) is 163 Å². The van der Waals surface area contributed by atoms with Gasteiger partial charge in [-0.25, -0.2) is 4.79 Å². The Morgan fingerprint density at radius 1 is 0.778 bits per heavy atom. The van der Waals surface area contributed by atoms with Crippen molar-refractivity contribution in [2.45, 2.75) is 95.5 Å². The Balaban J connectivity index is 0.000000241. The summed E-state index contributed by atoms with van der Waals surface area (Å²) in [5.74, 6) is -1.68. The monoisotopic (exact) mass is 742 g/mol. The highest BCUT2D eigenvalue weighted by atomic mass is 16.5. The summed E-state index contributed by atoms with van der Waals surface area (Å²) in [5.41, 5.74) is 3.35. The first-order valence-electron chi connectivity index (χ1n) is 18.8. The van der Waals surface area contributed by atoms with Gasteiger partial charge in [0.1, 0.15) is 18.7 Å². The zero-order chi connectivity index (χ0) is 38.9. The second kappa shape index (κ2) is 21.6. The van der Waals surface area contributed by atoms with Crippen molar-refractivity contribution in [3.05, 3.63) is 108 Å². The van der Waals surface area contributed by atoms with Crippen LogP contribution in [-0.4, -0.2) is 90.1 Å². The molecule has 0 unspecified atom stereocenters. The molecule has 0 aromatic heterocycles. The van der Waals surface area contributed by atoms with E-state index in [-0.39, 0.29) is 42.8 Å². The summed E-state index contributed by atoms with van der Waals surface area (Å²) in [5, 5.41) is 17.7. The van der Waals surface area contributed by atoms with E-state index in [1.54, 1.807) is 13.8 Å². The maximum absolute atomic E-state index is 12.7. The summed E-state index contributed by atoms with van der Waals surface area (Å²) in [6.45, 7) is 7.26. The molecule has 0 saturated carbocycles. The molecule has 12 heteroatoms. The van der Waals surface area contributed by atoms with E-state index in [4.69, 9.17) is 14.6 Å². The van der Waals surface area contributed by atoms with Crippen LogP contribution in [0.4, 0.5) is 0 Å². The Morgan fingerprint density at radius 2 is 1.35 bits per heavy atom. The molecule has 2 heterocycles. The van der Waals surface area contributed by atoms with E-state index < -0.39 is 30.1 Å². The number of carboxylic acids is 1. The number of hydrogen-bond acceptors (Lipinski definition) is 9. The van der Waals surface area contributed by atoms with Crippen LogP contribution in [0.15, 0.2) is 91.0 Å². The molecular weight excluding hydrogens is 688 g/mol. The maximum atomic E-state index is 12.7. The summed E-state index contributed by atoms with van der Waals surface area (Å²) in [6, 6.07) is 27.3. The van der Waals surface area contributed by atoms with E-state index in [0.29, 0.717) is 32.0 Å². The average Bonchev–Trinajstić information content (AvgIpc) is 3.20. The number of aliphatic carboxylic acids is 1. The standard InChI is InChI=1S/C22H26N2O3.C20H28N2O5/c1-16(22(26)27-15-17-8-4-2-5-9-17)24-21(25)20-14-19(12-13-23-20)18-10-6-3-7-11-18;1-3-27-18(23)10-12-22-11-9-16(15-7-5-4-6-8-15)13-17(22)19(24)21-14(2)20(25)26/h2-11,16,19-20,23H,12-15H2,1H3,(H,24,25);4-8,14,16-17H,3,9-13H2,1-2H3,(H,21,24)(H,25,26)/t16-,19-,20+;14-,16-,17+/m00/s1. The highest BCUT2D eigenvalue weighted by Gasteiger charge is 2.35. The molecular formula is C42H54N4O8. The van der Waals surface area contributed by atoms with E-state index >= 15 is 0 Å². The largest absolute Gasteiger partial charge is 0.480 e. The molecule has 3 aromatic rings. The summed E-state index contributed by atoms with van der Waals surface area (Å²) in [4.78, 5) is 62.2. The van der Waals surface area contributed by atoms with Crippen molar-refractivity contribution in [1.82, 2.24) is 20.9 Å². The molecule has 5 rings (SSSR count). The van der Waals surface area contributed by atoms with Crippen LogP contribution in [0.1, 0.15) is 81.4 Å². The van der Waals surface area contributed by atoms with Crippen LogP contribution in [0.25, 0.3) is 0 Å². The first-order valence-corrected chi connectivity index (χ1v) is 18.8. The molecule has 2 fully saturated rings. The lowest BCUT2D eigenvalue weighted by molar-refractivity contribution is -0.149. The van der Waals surface area contributed by atoms with Crippen LogP contribution in [0.3, 0.4) is 0 Å². The zero-order valence-electron chi connectivity index (χ0n) is 31.4. The molecule has 0 radical (unpaired) electrons. The molecule has 2 amide bonds. The third-order valence-corrected chi connectivity index (χ3v) is 9.85. The smallest absolute Gasteiger partial charge is 0.328 e. The van der Waals surface area contributed by atoms with Crippen molar-refractivity contribution >= 4 is 29.7 Å². The lowest BCUT2D eigenvalue weighted by Gasteiger charge is -2.39. The van der Waals surface area contributed by atoms with E-state index in [1.807, 2.05) is 83.8 Å². The van der Waals surface area contributed by atoms with Crippen molar-refractivity contribution < 1.29 is 38.6 Å². The van der Waals surface area contributed by atoms with Crippen molar-refractivity contribution in [2.75, 3.05) is 26.2 Å². The first-order chi connectivity index (χ1) is 26.0. The molecule has 54 heavy (non-hydrogen) atoms. The summed E-state index contributed by atoms with van der Waals surface area (Å²) in [7, 11) is 0. The number of piperidine rings is 2. The number of rotatable bonds is 14. The van der Waals surface area contributed by atoms with Crippen LogP contribution >= 0.6 is 0 Å². The van der Waals surface area contributed by atoms with Crippen molar-refractivity contribution in [2.24, 2.45) is 0 Å². The molecule has 0 bridgehead atoms. The molecule has 2 aliphatic rings. The number of carbonyl (C=O) groups is 5. The number of amides is 2. The third-order valence-electron chi connectivity index (χ3n) is 9.85. The van der Waals surface area contributed by atoms with Crippen LogP contribution in [0, 0.1) is 0 Å². The van der Waals surface area contributed by atoms with E-state index in [2.05, 4.69) is 28.1 Å². The molecule has 290 valence electrons. The fourth-order valence-electron chi connectivity index (χ4n) is 6.79. The maximum Gasteiger partial charge on any atom is 0.328 e. The van der Waals surface area contributed by atoms with Gasteiger partial charge in [-0.15, -0.1) is 0 Å². The zero-order valence-corrected chi connectivity index (χ0v) is 31.4. The molecule has 0 spiro atoms. The molecule has 6 atom stereocenters. The minimum absolute atomic E-state index is 0.153. The number of hydrogen-bond donors (Lipinski definition) is 4. The van der Waals surface area contributed by atoms with Gasteiger partial charge in [0.15, 0.2) is 0 Å². The fraction of sp³-hybridized carbons (Fsp3) is 0.452. The normalized spacial score (nSPS) is 20.9. The van der Waals surface area contributed by atoms with Gasteiger partial charge in [-0.05, 0) is 88.1 Å². The minimum atomic E-state index is -1.07. The Hall–Kier alpha value is -5.07.